The molecule has 62 valence electrons. The molecule has 0 amide bonds. The summed E-state index contributed by atoms with van der Waals surface area (Å²) >= 11 is 0. The standard InChI is InChI=1S/C10H17N/c1-5-8(2)6-9(3)10(4)7-11/h6H,2,4-5,7,11H2,1,3H3/b9-6-. The zero-order chi connectivity index (χ0) is 8.85. The van der Waals surface area contributed by atoms with E-state index in [-0.39, 0.29) is 0 Å². The third-order valence-corrected chi connectivity index (χ3v) is 1.68. The minimum Gasteiger partial charge on any atom is -0.327 e. The highest BCUT2D eigenvalue weighted by Gasteiger charge is 1.93. The van der Waals surface area contributed by atoms with Crippen molar-refractivity contribution >= 4 is 0 Å². The van der Waals surface area contributed by atoms with Crippen molar-refractivity contribution in [3.8, 4) is 0 Å². The first-order valence-electron chi connectivity index (χ1n) is 3.86. The molecule has 0 spiro atoms. The van der Waals surface area contributed by atoms with Gasteiger partial charge in [-0.15, -0.1) is 0 Å². The number of nitrogens with two attached hydrogens (primary N) is 1. The van der Waals surface area contributed by atoms with Gasteiger partial charge in [-0.05, 0) is 24.5 Å². The van der Waals surface area contributed by atoms with E-state index in [1.54, 1.807) is 0 Å². The molecule has 0 aliphatic rings. The Labute approximate surface area is 69.3 Å². The topological polar surface area (TPSA) is 26.0 Å². The van der Waals surface area contributed by atoms with E-state index >= 15 is 0 Å². The van der Waals surface area contributed by atoms with Crippen LogP contribution in [0.15, 0.2) is 36.0 Å². The molecule has 11 heavy (non-hydrogen) atoms. The molecule has 0 saturated carbocycles. The molecular formula is C10H17N. The van der Waals surface area contributed by atoms with Gasteiger partial charge in [0.05, 0.1) is 0 Å². The normalized spacial score (nSPS) is 11.4. The molecule has 0 fully saturated rings. The number of allylic oxidation sites excluding steroid dienone is 2. The van der Waals surface area contributed by atoms with E-state index in [0.717, 1.165) is 23.1 Å². The lowest BCUT2D eigenvalue weighted by Gasteiger charge is -2.02. The molecule has 0 aliphatic carbocycles. The predicted octanol–water partition coefficient (Wildman–Crippen LogP) is 2.41. The second-order valence-corrected chi connectivity index (χ2v) is 2.65. The molecule has 1 heteroatoms. The number of hydrogen-bond donors (Lipinski definition) is 1. The van der Waals surface area contributed by atoms with Crippen LogP contribution >= 0.6 is 0 Å². The largest absolute Gasteiger partial charge is 0.327 e. The highest BCUT2D eigenvalue weighted by molar-refractivity contribution is 5.33. The molecular weight excluding hydrogens is 134 g/mol. The van der Waals surface area contributed by atoms with Crippen LogP contribution in [0.5, 0.6) is 0 Å². The Bertz CT molecular complexity index is 187. The van der Waals surface area contributed by atoms with Crippen molar-refractivity contribution in [3.05, 3.63) is 36.0 Å². The van der Waals surface area contributed by atoms with Crippen LogP contribution < -0.4 is 5.73 Å². The van der Waals surface area contributed by atoms with Gasteiger partial charge in [-0.3, -0.25) is 0 Å². The second kappa shape index (κ2) is 4.91. The molecule has 1 nitrogen and oxygen atoms in total. The summed E-state index contributed by atoms with van der Waals surface area (Å²) in [5.74, 6) is 0. The van der Waals surface area contributed by atoms with E-state index in [2.05, 4.69) is 20.1 Å². The van der Waals surface area contributed by atoms with Crippen LogP contribution in [0.2, 0.25) is 0 Å². The lowest BCUT2D eigenvalue weighted by Crippen LogP contribution is -2.02. The first-order valence-corrected chi connectivity index (χ1v) is 3.86. The average Bonchev–Trinajstić information content (AvgIpc) is 2.02. The van der Waals surface area contributed by atoms with Crippen molar-refractivity contribution in [1.29, 1.82) is 0 Å². The van der Waals surface area contributed by atoms with Crippen LogP contribution in [-0.4, -0.2) is 6.54 Å². The van der Waals surface area contributed by atoms with Gasteiger partial charge in [0.1, 0.15) is 0 Å². The van der Waals surface area contributed by atoms with Crippen molar-refractivity contribution in [2.45, 2.75) is 20.3 Å². The zero-order valence-corrected chi connectivity index (χ0v) is 7.48. The number of hydrogen-bond acceptors (Lipinski definition) is 1. The van der Waals surface area contributed by atoms with Crippen LogP contribution in [0.25, 0.3) is 0 Å². The van der Waals surface area contributed by atoms with Gasteiger partial charge in [0.25, 0.3) is 0 Å². The summed E-state index contributed by atoms with van der Waals surface area (Å²) < 4.78 is 0. The van der Waals surface area contributed by atoms with Gasteiger partial charge in [-0.2, -0.15) is 0 Å². The van der Waals surface area contributed by atoms with Crippen LogP contribution in [0.4, 0.5) is 0 Å². The van der Waals surface area contributed by atoms with Gasteiger partial charge < -0.3 is 5.73 Å². The van der Waals surface area contributed by atoms with E-state index in [1.165, 1.54) is 0 Å². The Hall–Kier alpha value is -0.820. The Kier molecular flexibility index (Phi) is 4.55. The lowest BCUT2D eigenvalue weighted by atomic mass is 10.1. The summed E-state index contributed by atoms with van der Waals surface area (Å²) in [6.07, 6.45) is 3.02. The van der Waals surface area contributed by atoms with Gasteiger partial charge in [0, 0.05) is 6.54 Å². The first-order chi connectivity index (χ1) is 5.11. The molecule has 2 N–H and O–H groups in total. The fraction of sp³-hybridized carbons (Fsp3) is 0.400. The molecule has 0 aromatic heterocycles. The quantitative estimate of drug-likeness (QED) is 0.613. The SMILES string of the molecule is C=C(/C=C(/C)C(=C)CN)CC. The molecule has 0 heterocycles. The molecule has 0 atom stereocenters. The monoisotopic (exact) mass is 151 g/mol. The predicted molar refractivity (Wildman–Crippen MR) is 51.4 cm³/mol. The molecule has 0 aromatic rings. The Morgan fingerprint density at radius 1 is 1.45 bits per heavy atom. The number of rotatable bonds is 4. The van der Waals surface area contributed by atoms with Crippen LogP contribution in [-0.2, 0) is 0 Å². The van der Waals surface area contributed by atoms with E-state index in [4.69, 9.17) is 5.73 Å². The fourth-order valence-electron chi connectivity index (χ4n) is 0.671. The van der Waals surface area contributed by atoms with Crippen molar-refractivity contribution < 1.29 is 0 Å². The Balaban J connectivity index is 4.21. The van der Waals surface area contributed by atoms with Gasteiger partial charge in [0.15, 0.2) is 0 Å². The maximum atomic E-state index is 5.42. The van der Waals surface area contributed by atoms with Crippen molar-refractivity contribution in [2.75, 3.05) is 6.54 Å². The summed E-state index contributed by atoms with van der Waals surface area (Å²) in [5, 5.41) is 0. The van der Waals surface area contributed by atoms with E-state index < -0.39 is 0 Å². The van der Waals surface area contributed by atoms with Gasteiger partial charge in [0.2, 0.25) is 0 Å². The van der Waals surface area contributed by atoms with Crippen LogP contribution in [0.1, 0.15) is 20.3 Å². The minimum absolute atomic E-state index is 0.527. The fourth-order valence-corrected chi connectivity index (χ4v) is 0.671. The highest BCUT2D eigenvalue weighted by Crippen LogP contribution is 2.09. The van der Waals surface area contributed by atoms with Crippen molar-refractivity contribution in [2.24, 2.45) is 5.73 Å². The molecule has 0 aromatic carbocycles. The summed E-state index contributed by atoms with van der Waals surface area (Å²) in [4.78, 5) is 0. The lowest BCUT2D eigenvalue weighted by molar-refractivity contribution is 1.12. The molecule has 0 saturated heterocycles. The first kappa shape index (κ1) is 10.2. The zero-order valence-electron chi connectivity index (χ0n) is 7.48. The average molecular weight is 151 g/mol. The van der Waals surface area contributed by atoms with E-state index in [0.29, 0.717) is 6.54 Å². The van der Waals surface area contributed by atoms with Crippen LogP contribution in [0, 0.1) is 0 Å². The Morgan fingerprint density at radius 2 is 2.00 bits per heavy atom. The summed E-state index contributed by atoms with van der Waals surface area (Å²) in [7, 11) is 0. The highest BCUT2D eigenvalue weighted by atomic mass is 14.5. The molecule has 0 rings (SSSR count). The van der Waals surface area contributed by atoms with Crippen LogP contribution in [0.3, 0.4) is 0 Å². The van der Waals surface area contributed by atoms with Crippen molar-refractivity contribution in [1.82, 2.24) is 0 Å². The third-order valence-electron chi connectivity index (χ3n) is 1.68. The van der Waals surface area contributed by atoms with Gasteiger partial charge in [-0.25, -0.2) is 0 Å². The smallest absolute Gasteiger partial charge is 0.0174 e. The summed E-state index contributed by atoms with van der Waals surface area (Å²) in [6.45, 7) is 12.3. The third kappa shape index (κ3) is 3.79. The molecule has 0 unspecified atom stereocenters. The van der Waals surface area contributed by atoms with Gasteiger partial charge >= 0.3 is 0 Å². The van der Waals surface area contributed by atoms with Gasteiger partial charge in [-0.1, -0.05) is 31.7 Å². The maximum Gasteiger partial charge on any atom is 0.0174 e. The summed E-state index contributed by atoms with van der Waals surface area (Å²) in [5.41, 5.74) is 8.67. The minimum atomic E-state index is 0.527. The maximum absolute atomic E-state index is 5.42. The molecule has 0 aliphatic heterocycles. The van der Waals surface area contributed by atoms with E-state index in [1.807, 2.05) is 13.0 Å². The van der Waals surface area contributed by atoms with E-state index in [9.17, 15) is 0 Å². The second-order valence-electron chi connectivity index (χ2n) is 2.65. The van der Waals surface area contributed by atoms with Crippen molar-refractivity contribution in [3.63, 3.8) is 0 Å². The molecule has 0 radical (unpaired) electrons. The Morgan fingerprint density at radius 3 is 2.36 bits per heavy atom. The summed E-state index contributed by atoms with van der Waals surface area (Å²) in [6, 6.07) is 0. The molecule has 0 bridgehead atoms.